The van der Waals surface area contributed by atoms with Crippen molar-refractivity contribution in [3.63, 3.8) is 0 Å². The Balaban J connectivity index is 1.91. The van der Waals surface area contributed by atoms with Gasteiger partial charge in [0.25, 0.3) is 0 Å². The zero-order valence-electron chi connectivity index (χ0n) is 10.5. The van der Waals surface area contributed by atoms with E-state index in [0.29, 0.717) is 10.8 Å². The standard InChI is InChI=1S/C16H10ClN3/c17-14-7-8-15-18-16(19-20(15)10-14)13-6-5-11-3-1-2-4-12(11)9-13/h1-10H. The van der Waals surface area contributed by atoms with Crippen molar-refractivity contribution in [2.45, 2.75) is 0 Å². The minimum atomic E-state index is 0.646. The van der Waals surface area contributed by atoms with Crippen LogP contribution in [0.15, 0.2) is 60.8 Å². The lowest BCUT2D eigenvalue weighted by molar-refractivity contribution is 0.966. The predicted molar refractivity (Wildman–Crippen MR) is 80.9 cm³/mol. The maximum absolute atomic E-state index is 5.96. The fourth-order valence-electron chi connectivity index (χ4n) is 2.31. The molecule has 0 unspecified atom stereocenters. The molecule has 0 spiro atoms. The molecule has 0 radical (unpaired) electrons. The maximum Gasteiger partial charge on any atom is 0.182 e. The average Bonchev–Trinajstić information content (AvgIpc) is 2.89. The van der Waals surface area contributed by atoms with Crippen molar-refractivity contribution < 1.29 is 0 Å². The molecule has 2 aromatic heterocycles. The van der Waals surface area contributed by atoms with Crippen LogP contribution in [0.4, 0.5) is 0 Å². The van der Waals surface area contributed by atoms with Crippen LogP contribution in [0.2, 0.25) is 5.02 Å². The van der Waals surface area contributed by atoms with E-state index in [1.165, 1.54) is 10.8 Å². The van der Waals surface area contributed by atoms with Crippen molar-refractivity contribution in [1.82, 2.24) is 14.6 Å². The van der Waals surface area contributed by atoms with Crippen LogP contribution in [-0.2, 0) is 0 Å². The van der Waals surface area contributed by atoms with Crippen molar-refractivity contribution in [3.8, 4) is 11.4 Å². The van der Waals surface area contributed by atoms with E-state index >= 15 is 0 Å². The summed E-state index contributed by atoms with van der Waals surface area (Å²) in [6.07, 6.45) is 1.76. The molecule has 0 amide bonds. The number of halogens is 1. The van der Waals surface area contributed by atoms with Gasteiger partial charge >= 0.3 is 0 Å². The van der Waals surface area contributed by atoms with Gasteiger partial charge in [-0.1, -0.05) is 48.0 Å². The van der Waals surface area contributed by atoms with Crippen LogP contribution in [0, 0.1) is 0 Å². The molecule has 0 aliphatic heterocycles. The van der Waals surface area contributed by atoms with Crippen LogP contribution >= 0.6 is 11.6 Å². The molecule has 4 rings (SSSR count). The van der Waals surface area contributed by atoms with Gasteiger partial charge in [0.05, 0.1) is 5.02 Å². The smallest absolute Gasteiger partial charge is 0.182 e. The molecule has 4 aromatic rings. The van der Waals surface area contributed by atoms with Gasteiger partial charge in [0.15, 0.2) is 11.5 Å². The van der Waals surface area contributed by atoms with E-state index in [9.17, 15) is 0 Å². The van der Waals surface area contributed by atoms with Gasteiger partial charge in [-0.05, 0) is 29.0 Å². The molecule has 4 heteroatoms. The van der Waals surface area contributed by atoms with Crippen molar-refractivity contribution in [2.24, 2.45) is 0 Å². The summed E-state index contributed by atoms with van der Waals surface area (Å²) in [6.45, 7) is 0. The molecule has 0 N–H and O–H groups in total. The van der Waals surface area contributed by atoms with Crippen molar-refractivity contribution in [1.29, 1.82) is 0 Å². The van der Waals surface area contributed by atoms with Gasteiger partial charge in [0.2, 0.25) is 0 Å². The third-order valence-electron chi connectivity index (χ3n) is 3.30. The number of benzene rings is 2. The van der Waals surface area contributed by atoms with Gasteiger partial charge in [0, 0.05) is 11.8 Å². The lowest BCUT2D eigenvalue weighted by atomic mass is 10.1. The Bertz CT molecular complexity index is 927. The molecule has 96 valence electrons. The largest absolute Gasteiger partial charge is 0.219 e. The van der Waals surface area contributed by atoms with Crippen LogP contribution in [0.25, 0.3) is 27.8 Å². The molecule has 0 saturated heterocycles. The average molecular weight is 280 g/mol. The van der Waals surface area contributed by atoms with Gasteiger partial charge in [-0.25, -0.2) is 9.50 Å². The van der Waals surface area contributed by atoms with E-state index in [4.69, 9.17) is 11.6 Å². The number of hydrogen-bond acceptors (Lipinski definition) is 2. The molecule has 3 nitrogen and oxygen atoms in total. The first kappa shape index (κ1) is 11.4. The van der Waals surface area contributed by atoms with Crippen LogP contribution in [0.3, 0.4) is 0 Å². The number of aromatic nitrogens is 3. The molecule has 0 aliphatic carbocycles. The van der Waals surface area contributed by atoms with E-state index in [1.807, 2.05) is 30.3 Å². The quantitative estimate of drug-likeness (QED) is 0.523. The van der Waals surface area contributed by atoms with E-state index in [-0.39, 0.29) is 0 Å². The predicted octanol–water partition coefficient (Wildman–Crippen LogP) is 4.20. The maximum atomic E-state index is 5.96. The highest BCUT2D eigenvalue weighted by Gasteiger charge is 2.07. The van der Waals surface area contributed by atoms with Crippen LogP contribution in [-0.4, -0.2) is 14.6 Å². The molecule has 0 bridgehead atoms. The summed E-state index contributed by atoms with van der Waals surface area (Å²) in [6, 6.07) is 18.2. The molecular formula is C16H10ClN3. The Morgan fingerprint density at radius 1 is 0.900 bits per heavy atom. The minimum absolute atomic E-state index is 0.646. The third-order valence-corrected chi connectivity index (χ3v) is 3.53. The topological polar surface area (TPSA) is 30.2 Å². The lowest BCUT2D eigenvalue weighted by Gasteiger charge is -1.99. The number of rotatable bonds is 1. The summed E-state index contributed by atoms with van der Waals surface area (Å²) in [5.74, 6) is 0.706. The lowest BCUT2D eigenvalue weighted by Crippen LogP contribution is -1.86. The number of nitrogens with zero attached hydrogens (tertiary/aromatic N) is 3. The molecule has 20 heavy (non-hydrogen) atoms. The number of pyridine rings is 1. The fourth-order valence-corrected chi connectivity index (χ4v) is 2.46. The minimum Gasteiger partial charge on any atom is -0.219 e. The second-order valence-corrected chi connectivity index (χ2v) is 5.08. The molecule has 2 aromatic carbocycles. The van der Waals surface area contributed by atoms with Crippen molar-refractivity contribution in [2.75, 3.05) is 0 Å². The summed E-state index contributed by atoms with van der Waals surface area (Å²) in [7, 11) is 0. The monoisotopic (exact) mass is 279 g/mol. The Morgan fingerprint density at radius 2 is 1.75 bits per heavy atom. The Kier molecular flexibility index (Phi) is 2.47. The normalized spacial score (nSPS) is 11.2. The fraction of sp³-hybridized carbons (Fsp3) is 0. The van der Waals surface area contributed by atoms with Crippen molar-refractivity contribution >= 4 is 28.0 Å². The molecular weight excluding hydrogens is 270 g/mol. The highest BCUT2D eigenvalue weighted by molar-refractivity contribution is 6.30. The van der Waals surface area contributed by atoms with Gasteiger partial charge in [-0.3, -0.25) is 0 Å². The van der Waals surface area contributed by atoms with Crippen LogP contribution in [0.1, 0.15) is 0 Å². The first-order valence-corrected chi connectivity index (χ1v) is 6.68. The highest BCUT2D eigenvalue weighted by Crippen LogP contribution is 2.23. The summed E-state index contributed by atoms with van der Waals surface area (Å²) < 4.78 is 1.70. The molecule has 0 atom stereocenters. The van der Waals surface area contributed by atoms with Gasteiger partial charge in [-0.2, -0.15) is 0 Å². The number of fused-ring (bicyclic) bond motifs is 2. The van der Waals surface area contributed by atoms with E-state index in [1.54, 1.807) is 10.7 Å². The summed E-state index contributed by atoms with van der Waals surface area (Å²) in [4.78, 5) is 4.52. The summed E-state index contributed by atoms with van der Waals surface area (Å²) >= 11 is 5.96. The second kappa shape index (κ2) is 4.32. The molecule has 2 heterocycles. The van der Waals surface area contributed by atoms with Gasteiger partial charge < -0.3 is 0 Å². The van der Waals surface area contributed by atoms with Gasteiger partial charge in [0.1, 0.15) is 0 Å². The third kappa shape index (κ3) is 1.84. The summed E-state index contributed by atoms with van der Waals surface area (Å²) in [5.41, 5.74) is 1.79. The highest BCUT2D eigenvalue weighted by atomic mass is 35.5. The van der Waals surface area contributed by atoms with Crippen molar-refractivity contribution in [3.05, 3.63) is 65.8 Å². The Hall–Kier alpha value is -2.39. The second-order valence-electron chi connectivity index (χ2n) is 4.65. The first-order chi connectivity index (χ1) is 9.79. The zero-order chi connectivity index (χ0) is 13.5. The SMILES string of the molecule is Clc1ccc2nc(-c3ccc4ccccc4c3)nn2c1. The molecule has 0 fully saturated rings. The van der Waals surface area contributed by atoms with Crippen LogP contribution in [0.5, 0.6) is 0 Å². The van der Waals surface area contributed by atoms with E-state index in [0.717, 1.165) is 11.2 Å². The van der Waals surface area contributed by atoms with E-state index < -0.39 is 0 Å². The molecule has 0 aliphatic rings. The van der Waals surface area contributed by atoms with Gasteiger partial charge in [-0.15, -0.1) is 5.10 Å². The van der Waals surface area contributed by atoms with Crippen LogP contribution < -0.4 is 0 Å². The summed E-state index contributed by atoms with van der Waals surface area (Å²) in [5, 5.41) is 7.51. The zero-order valence-corrected chi connectivity index (χ0v) is 11.2. The Labute approximate surface area is 120 Å². The molecule has 0 saturated carbocycles. The number of hydrogen-bond donors (Lipinski definition) is 0. The Morgan fingerprint density at radius 3 is 2.65 bits per heavy atom. The van der Waals surface area contributed by atoms with E-state index in [2.05, 4.69) is 34.3 Å². The first-order valence-electron chi connectivity index (χ1n) is 6.31.